The van der Waals surface area contributed by atoms with E-state index in [0.29, 0.717) is 6.42 Å². The molecule has 2 nitrogen and oxygen atoms in total. The first-order valence-corrected chi connectivity index (χ1v) is 7.52. The third-order valence-corrected chi connectivity index (χ3v) is 3.56. The van der Waals surface area contributed by atoms with Crippen LogP contribution in [-0.4, -0.2) is 11.9 Å². The van der Waals surface area contributed by atoms with Gasteiger partial charge in [-0.2, -0.15) is 0 Å². The van der Waals surface area contributed by atoms with Gasteiger partial charge in [-0.05, 0) is 37.8 Å². The highest BCUT2D eigenvalue weighted by Gasteiger charge is 2.08. The lowest BCUT2D eigenvalue weighted by atomic mass is 10.1. The van der Waals surface area contributed by atoms with Crippen molar-refractivity contribution in [2.45, 2.75) is 39.2 Å². The minimum atomic E-state index is 0.0983. The zero-order valence-electron chi connectivity index (χ0n) is 12.8. The van der Waals surface area contributed by atoms with E-state index in [2.05, 4.69) is 42.6 Å². The number of hydrogen-bond donors (Lipinski definition) is 1. The van der Waals surface area contributed by atoms with Crippen molar-refractivity contribution in [3.8, 4) is 0 Å². The summed E-state index contributed by atoms with van der Waals surface area (Å²) in [5.41, 5.74) is 3.58. The van der Waals surface area contributed by atoms with E-state index in [1.165, 1.54) is 11.1 Å². The van der Waals surface area contributed by atoms with Gasteiger partial charge in [0.15, 0.2) is 0 Å². The number of benzene rings is 2. The van der Waals surface area contributed by atoms with Gasteiger partial charge < -0.3 is 5.32 Å². The van der Waals surface area contributed by atoms with Crippen LogP contribution in [0.1, 0.15) is 30.0 Å². The molecule has 0 aromatic heterocycles. The fourth-order valence-corrected chi connectivity index (χ4v) is 2.43. The van der Waals surface area contributed by atoms with Gasteiger partial charge in [-0.25, -0.2) is 0 Å². The summed E-state index contributed by atoms with van der Waals surface area (Å²) in [5.74, 6) is 0.0983. The average molecular weight is 281 g/mol. The number of rotatable bonds is 6. The summed E-state index contributed by atoms with van der Waals surface area (Å²) < 4.78 is 0. The maximum Gasteiger partial charge on any atom is 0.224 e. The number of hydrogen-bond acceptors (Lipinski definition) is 1. The first-order valence-electron chi connectivity index (χ1n) is 7.52. The summed E-state index contributed by atoms with van der Waals surface area (Å²) in [6.45, 7) is 4.11. The minimum absolute atomic E-state index is 0.0983. The van der Waals surface area contributed by atoms with Gasteiger partial charge in [0.25, 0.3) is 0 Å². The molecule has 0 saturated carbocycles. The largest absolute Gasteiger partial charge is 0.353 e. The molecule has 0 radical (unpaired) electrons. The van der Waals surface area contributed by atoms with Crippen molar-refractivity contribution in [2.24, 2.45) is 0 Å². The van der Waals surface area contributed by atoms with Gasteiger partial charge in [0.2, 0.25) is 5.91 Å². The van der Waals surface area contributed by atoms with Crippen molar-refractivity contribution in [2.75, 3.05) is 0 Å². The second-order valence-corrected chi connectivity index (χ2v) is 5.66. The predicted octanol–water partition coefficient (Wildman–Crippen LogP) is 3.68. The molecule has 2 aromatic carbocycles. The van der Waals surface area contributed by atoms with Crippen LogP contribution in [0.4, 0.5) is 0 Å². The summed E-state index contributed by atoms with van der Waals surface area (Å²) in [4.78, 5) is 12.0. The standard InChI is InChI=1S/C19H23NO/c1-15-7-6-10-18(13-15)14-19(21)20-16(2)11-12-17-8-4-3-5-9-17/h3-10,13,16H,11-12,14H2,1-2H3,(H,20,21). The van der Waals surface area contributed by atoms with Crippen LogP contribution in [0.25, 0.3) is 0 Å². The second kappa shape index (κ2) is 7.63. The van der Waals surface area contributed by atoms with E-state index in [0.717, 1.165) is 18.4 Å². The zero-order chi connectivity index (χ0) is 15.1. The molecule has 21 heavy (non-hydrogen) atoms. The Labute approximate surface area is 127 Å². The van der Waals surface area contributed by atoms with Gasteiger partial charge in [0.05, 0.1) is 6.42 Å². The lowest BCUT2D eigenvalue weighted by Gasteiger charge is -2.14. The monoisotopic (exact) mass is 281 g/mol. The number of carbonyl (C=O) groups is 1. The Morgan fingerprint density at radius 2 is 1.76 bits per heavy atom. The Bertz CT molecular complexity index is 577. The summed E-state index contributed by atoms with van der Waals surface area (Å²) in [5, 5.41) is 3.08. The average Bonchev–Trinajstić information content (AvgIpc) is 2.46. The first-order chi connectivity index (χ1) is 10.1. The number of aryl methyl sites for hydroxylation is 2. The molecule has 0 aliphatic rings. The summed E-state index contributed by atoms with van der Waals surface area (Å²) in [6, 6.07) is 18.7. The van der Waals surface area contributed by atoms with Crippen molar-refractivity contribution in [3.05, 3.63) is 71.3 Å². The smallest absolute Gasteiger partial charge is 0.224 e. The maximum atomic E-state index is 12.0. The molecule has 0 aliphatic carbocycles. The summed E-state index contributed by atoms with van der Waals surface area (Å²) in [7, 11) is 0. The molecule has 2 heteroatoms. The van der Waals surface area contributed by atoms with Crippen LogP contribution in [-0.2, 0) is 17.6 Å². The van der Waals surface area contributed by atoms with Crippen molar-refractivity contribution in [3.63, 3.8) is 0 Å². The number of carbonyl (C=O) groups excluding carboxylic acids is 1. The molecule has 0 aliphatic heterocycles. The van der Waals surface area contributed by atoms with Gasteiger partial charge in [0.1, 0.15) is 0 Å². The van der Waals surface area contributed by atoms with Crippen LogP contribution < -0.4 is 5.32 Å². The van der Waals surface area contributed by atoms with Crippen LogP contribution in [0.2, 0.25) is 0 Å². The van der Waals surface area contributed by atoms with Gasteiger partial charge in [-0.1, -0.05) is 60.2 Å². The van der Waals surface area contributed by atoms with Crippen LogP contribution in [0.15, 0.2) is 54.6 Å². The summed E-state index contributed by atoms with van der Waals surface area (Å²) in [6.07, 6.45) is 2.41. The lowest BCUT2D eigenvalue weighted by Crippen LogP contribution is -2.34. The molecular formula is C19H23NO. The Balaban J connectivity index is 1.77. The van der Waals surface area contributed by atoms with E-state index in [1.54, 1.807) is 0 Å². The third kappa shape index (κ3) is 5.42. The maximum absolute atomic E-state index is 12.0. The number of nitrogens with one attached hydrogen (secondary N) is 1. The van der Waals surface area contributed by atoms with Crippen molar-refractivity contribution >= 4 is 5.91 Å². The molecule has 0 fully saturated rings. The molecule has 110 valence electrons. The molecule has 2 aromatic rings. The van der Waals surface area contributed by atoms with Gasteiger partial charge in [0, 0.05) is 6.04 Å². The molecular weight excluding hydrogens is 258 g/mol. The molecule has 0 bridgehead atoms. The van der Waals surface area contributed by atoms with E-state index in [9.17, 15) is 4.79 Å². The van der Waals surface area contributed by atoms with E-state index >= 15 is 0 Å². The zero-order valence-corrected chi connectivity index (χ0v) is 12.8. The van der Waals surface area contributed by atoms with Gasteiger partial charge in [-0.3, -0.25) is 4.79 Å². The fourth-order valence-electron chi connectivity index (χ4n) is 2.43. The van der Waals surface area contributed by atoms with Crippen LogP contribution in [0, 0.1) is 6.92 Å². The Kier molecular flexibility index (Phi) is 5.56. The van der Waals surface area contributed by atoms with Gasteiger partial charge in [-0.15, -0.1) is 0 Å². The number of amides is 1. The lowest BCUT2D eigenvalue weighted by molar-refractivity contribution is -0.121. The molecule has 1 N–H and O–H groups in total. The molecule has 1 unspecified atom stereocenters. The fraction of sp³-hybridized carbons (Fsp3) is 0.316. The van der Waals surface area contributed by atoms with E-state index in [-0.39, 0.29) is 11.9 Å². The van der Waals surface area contributed by atoms with Crippen LogP contribution in [0.5, 0.6) is 0 Å². The molecule has 0 heterocycles. The third-order valence-electron chi connectivity index (χ3n) is 3.56. The predicted molar refractivity (Wildman–Crippen MR) is 87.3 cm³/mol. The summed E-state index contributed by atoms with van der Waals surface area (Å²) >= 11 is 0. The highest BCUT2D eigenvalue weighted by Crippen LogP contribution is 2.07. The minimum Gasteiger partial charge on any atom is -0.353 e. The molecule has 0 saturated heterocycles. The molecule has 1 atom stereocenters. The van der Waals surface area contributed by atoms with E-state index in [1.807, 2.05) is 31.2 Å². The highest BCUT2D eigenvalue weighted by atomic mass is 16.1. The Morgan fingerprint density at radius 1 is 1.05 bits per heavy atom. The molecule has 0 spiro atoms. The molecule has 2 rings (SSSR count). The van der Waals surface area contributed by atoms with Crippen molar-refractivity contribution in [1.82, 2.24) is 5.32 Å². The Hall–Kier alpha value is -2.09. The van der Waals surface area contributed by atoms with Crippen LogP contribution in [0.3, 0.4) is 0 Å². The topological polar surface area (TPSA) is 29.1 Å². The van der Waals surface area contributed by atoms with E-state index < -0.39 is 0 Å². The van der Waals surface area contributed by atoms with E-state index in [4.69, 9.17) is 0 Å². The van der Waals surface area contributed by atoms with Crippen LogP contribution >= 0.6 is 0 Å². The van der Waals surface area contributed by atoms with Gasteiger partial charge >= 0.3 is 0 Å². The van der Waals surface area contributed by atoms with Crippen molar-refractivity contribution < 1.29 is 4.79 Å². The quantitative estimate of drug-likeness (QED) is 0.860. The normalized spacial score (nSPS) is 11.9. The first kappa shape index (κ1) is 15.3. The molecule has 1 amide bonds. The highest BCUT2D eigenvalue weighted by molar-refractivity contribution is 5.78. The Morgan fingerprint density at radius 3 is 2.48 bits per heavy atom. The second-order valence-electron chi connectivity index (χ2n) is 5.66. The van der Waals surface area contributed by atoms with Crippen molar-refractivity contribution in [1.29, 1.82) is 0 Å². The SMILES string of the molecule is Cc1cccc(CC(=O)NC(C)CCc2ccccc2)c1.